The second-order valence-electron chi connectivity index (χ2n) is 5.67. The molecule has 1 saturated heterocycles. The van der Waals surface area contributed by atoms with Crippen LogP contribution in [0.3, 0.4) is 0 Å². The second-order valence-corrected chi connectivity index (χ2v) is 5.67. The van der Waals surface area contributed by atoms with Crippen molar-refractivity contribution in [2.24, 2.45) is 5.73 Å². The van der Waals surface area contributed by atoms with Gasteiger partial charge in [-0.25, -0.2) is 4.79 Å². The lowest BCUT2D eigenvalue weighted by Crippen LogP contribution is -2.49. The summed E-state index contributed by atoms with van der Waals surface area (Å²) in [5.74, 6) is -0.628. The molecule has 0 bridgehead atoms. The largest absolute Gasteiger partial charge is 0.351 e. The third-order valence-corrected chi connectivity index (χ3v) is 4.02. The fraction of sp³-hybridized carbons (Fsp3) is 0.769. The lowest BCUT2D eigenvalue weighted by Gasteiger charge is -2.30. The molecule has 1 atom stereocenters. The van der Waals surface area contributed by atoms with Gasteiger partial charge >= 0.3 is 6.03 Å². The van der Waals surface area contributed by atoms with Crippen molar-refractivity contribution in [3.8, 4) is 0 Å². The Balaban J connectivity index is 0.00000220. The van der Waals surface area contributed by atoms with Gasteiger partial charge in [-0.1, -0.05) is 19.3 Å². The number of carbonyl (C=O) groups is 3. The van der Waals surface area contributed by atoms with Gasteiger partial charge in [0, 0.05) is 12.6 Å². The van der Waals surface area contributed by atoms with Gasteiger partial charge in [0.05, 0.1) is 0 Å². The molecule has 1 saturated carbocycles. The number of hydrogen-bond acceptors (Lipinski definition) is 4. The molecule has 120 valence electrons. The maximum absolute atomic E-state index is 12.4. The van der Waals surface area contributed by atoms with Crippen molar-refractivity contribution in [2.45, 2.75) is 50.6 Å². The normalized spacial score (nSPS) is 21.7. The molecule has 21 heavy (non-hydrogen) atoms. The van der Waals surface area contributed by atoms with Gasteiger partial charge in [-0.15, -0.1) is 12.4 Å². The summed E-state index contributed by atoms with van der Waals surface area (Å²) in [5.41, 5.74) is 4.65. The summed E-state index contributed by atoms with van der Waals surface area (Å²) in [6, 6.07) is -0.639. The van der Waals surface area contributed by atoms with Gasteiger partial charge in [-0.05, 0) is 19.8 Å². The molecule has 2 fully saturated rings. The highest BCUT2D eigenvalue weighted by atomic mass is 35.5. The first-order chi connectivity index (χ1) is 9.48. The van der Waals surface area contributed by atoms with Crippen molar-refractivity contribution in [3.05, 3.63) is 0 Å². The van der Waals surface area contributed by atoms with E-state index in [2.05, 4.69) is 10.6 Å². The number of nitrogens with two attached hydrogens (primary N) is 1. The number of carbonyl (C=O) groups excluding carboxylic acids is 3. The summed E-state index contributed by atoms with van der Waals surface area (Å²) in [4.78, 5) is 37.2. The molecule has 1 spiro atoms. The molecule has 0 aromatic rings. The van der Waals surface area contributed by atoms with Crippen molar-refractivity contribution in [3.63, 3.8) is 0 Å². The standard InChI is InChI=1S/C13H22N4O3.ClH/c1-9(7-14)15-10(18)8-17-11(19)13(16-12(17)20)5-3-2-4-6-13;/h9H,2-8,14H2,1H3,(H,15,18)(H,16,20);1H/t9-;/m0./s1. The van der Waals surface area contributed by atoms with Gasteiger partial charge in [0.2, 0.25) is 5.91 Å². The van der Waals surface area contributed by atoms with Crippen LogP contribution in [-0.4, -0.2) is 47.4 Å². The Morgan fingerprint density at radius 3 is 2.57 bits per heavy atom. The number of hydrogen-bond donors (Lipinski definition) is 3. The maximum Gasteiger partial charge on any atom is 0.325 e. The van der Waals surface area contributed by atoms with Crippen LogP contribution in [0, 0.1) is 0 Å². The number of nitrogens with zero attached hydrogens (tertiary/aromatic N) is 1. The summed E-state index contributed by atoms with van der Waals surface area (Å²) < 4.78 is 0. The van der Waals surface area contributed by atoms with Gasteiger partial charge in [0.1, 0.15) is 12.1 Å². The summed E-state index contributed by atoms with van der Waals surface area (Å²) in [6.45, 7) is 1.85. The van der Waals surface area contributed by atoms with Crippen molar-refractivity contribution in [2.75, 3.05) is 13.1 Å². The van der Waals surface area contributed by atoms with E-state index in [1.807, 2.05) is 0 Å². The van der Waals surface area contributed by atoms with E-state index in [-0.39, 0.29) is 36.8 Å². The van der Waals surface area contributed by atoms with Crippen LogP contribution >= 0.6 is 12.4 Å². The molecule has 4 amide bonds. The average molecular weight is 319 g/mol. The molecular formula is C13H23ClN4O3. The molecule has 4 N–H and O–H groups in total. The van der Waals surface area contributed by atoms with Crippen LogP contribution in [0.2, 0.25) is 0 Å². The molecule has 0 aromatic carbocycles. The molecule has 8 heteroatoms. The van der Waals surface area contributed by atoms with Crippen LogP contribution in [0.4, 0.5) is 4.79 Å². The number of urea groups is 1. The number of halogens is 1. The van der Waals surface area contributed by atoms with E-state index in [9.17, 15) is 14.4 Å². The average Bonchev–Trinajstić information content (AvgIpc) is 2.64. The smallest absolute Gasteiger partial charge is 0.325 e. The quantitative estimate of drug-likeness (QED) is 0.641. The Morgan fingerprint density at radius 1 is 1.38 bits per heavy atom. The zero-order chi connectivity index (χ0) is 14.8. The number of nitrogens with one attached hydrogen (secondary N) is 2. The minimum Gasteiger partial charge on any atom is -0.351 e. The Labute approximate surface area is 130 Å². The molecule has 0 unspecified atom stereocenters. The fourth-order valence-corrected chi connectivity index (χ4v) is 2.84. The van der Waals surface area contributed by atoms with Gasteiger partial charge in [0.15, 0.2) is 0 Å². The predicted octanol–water partition coefficient (Wildman–Crippen LogP) is 0.126. The van der Waals surface area contributed by atoms with Crippen LogP contribution in [0.15, 0.2) is 0 Å². The summed E-state index contributed by atoms with van der Waals surface area (Å²) in [5, 5.41) is 5.43. The number of imide groups is 1. The van der Waals surface area contributed by atoms with E-state index in [1.165, 1.54) is 0 Å². The van der Waals surface area contributed by atoms with Gasteiger partial charge in [-0.3, -0.25) is 14.5 Å². The van der Waals surface area contributed by atoms with E-state index in [1.54, 1.807) is 6.92 Å². The number of amides is 4. The summed E-state index contributed by atoms with van der Waals surface area (Å²) in [6.07, 6.45) is 4.26. The van der Waals surface area contributed by atoms with Gasteiger partial charge in [0.25, 0.3) is 5.91 Å². The van der Waals surface area contributed by atoms with Crippen LogP contribution < -0.4 is 16.4 Å². The third-order valence-electron chi connectivity index (χ3n) is 4.02. The predicted molar refractivity (Wildman–Crippen MR) is 80.0 cm³/mol. The number of rotatable bonds is 4. The first kappa shape index (κ1) is 17.7. The van der Waals surface area contributed by atoms with Crippen molar-refractivity contribution in [1.82, 2.24) is 15.5 Å². The highest BCUT2D eigenvalue weighted by Crippen LogP contribution is 2.33. The zero-order valence-electron chi connectivity index (χ0n) is 12.2. The zero-order valence-corrected chi connectivity index (χ0v) is 13.0. The van der Waals surface area contributed by atoms with Crippen LogP contribution in [0.25, 0.3) is 0 Å². The SMILES string of the molecule is C[C@@H](CN)NC(=O)CN1C(=O)NC2(CCCCC2)C1=O.Cl. The van der Waals surface area contributed by atoms with Gasteiger partial charge < -0.3 is 16.4 Å². The first-order valence-electron chi connectivity index (χ1n) is 7.12. The molecule has 0 radical (unpaired) electrons. The minimum absolute atomic E-state index is 0. The van der Waals surface area contributed by atoms with E-state index in [0.29, 0.717) is 19.4 Å². The van der Waals surface area contributed by atoms with Crippen LogP contribution in [0.1, 0.15) is 39.0 Å². The van der Waals surface area contributed by atoms with E-state index < -0.39 is 11.6 Å². The Kier molecular flexibility index (Phi) is 5.98. The molecule has 1 heterocycles. The van der Waals surface area contributed by atoms with Crippen molar-refractivity contribution >= 4 is 30.3 Å². The van der Waals surface area contributed by atoms with Crippen molar-refractivity contribution < 1.29 is 14.4 Å². The molecule has 0 aromatic heterocycles. The van der Waals surface area contributed by atoms with Crippen LogP contribution in [-0.2, 0) is 9.59 Å². The van der Waals surface area contributed by atoms with Gasteiger partial charge in [-0.2, -0.15) is 0 Å². The topological polar surface area (TPSA) is 105 Å². The first-order valence-corrected chi connectivity index (χ1v) is 7.12. The summed E-state index contributed by atoms with van der Waals surface area (Å²) >= 11 is 0. The molecule has 1 aliphatic carbocycles. The Hall–Kier alpha value is -1.34. The monoisotopic (exact) mass is 318 g/mol. The Morgan fingerprint density at radius 2 is 2.00 bits per heavy atom. The van der Waals surface area contributed by atoms with Crippen LogP contribution in [0.5, 0.6) is 0 Å². The van der Waals surface area contributed by atoms with E-state index in [0.717, 1.165) is 24.2 Å². The van der Waals surface area contributed by atoms with E-state index >= 15 is 0 Å². The fourth-order valence-electron chi connectivity index (χ4n) is 2.84. The third kappa shape index (κ3) is 3.65. The maximum atomic E-state index is 12.4. The molecular weight excluding hydrogens is 296 g/mol. The molecule has 7 nitrogen and oxygen atoms in total. The molecule has 2 rings (SSSR count). The second kappa shape index (κ2) is 7.09. The highest BCUT2D eigenvalue weighted by molar-refractivity contribution is 6.09. The lowest BCUT2D eigenvalue weighted by atomic mass is 9.82. The van der Waals surface area contributed by atoms with E-state index in [4.69, 9.17) is 5.73 Å². The summed E-state index contributed by atoms with van der Waals surface area (Å²) in [7, 11) is 0. The lowest BCUT2D eigenvalue weighted by molar-refractivity contribution is -0.136. The Bertz CT molecular complexity index is 424. The van der Waals surface area contributed by atoms with Crippen molar-refractivity contribution in [1.29, 1.82) is 0 Å². The highest BCUT2D eigenvalue weighted by Gasteiger charge is 2.51. The molecule has 2 aliphatic rings. The molecule has 1 aliphatic heterocycles. The minimum atomic E-state index is -0.769.